The first-order valence-corrected chi connectivity index (χ1v) is 5.64. The Morgan fingerprint density at radius 2 is 1.89 bits per heavy atom. The van der Waals surface area contributed by atoms with Crippen LogP contribution in [0.1, 0.15) is 6.92 Å². The maximum atomic E-state index is 11.0. The molecule has 0 spiro atoms. The molecule has 0 aromatic rings. The third-order valence-electron chi connectivity index (χ3n) is 2.67. The third-order valence-corrected chi connectivity index (χ3v) is 2.67. The number of ether oxygens (including phenoxy) is 3. The summed E-state index contributed by atoms with van der Waals surface area (Å²) in [6.07, 6.45) is -5.84. The molecule has 0 aromatic heterocycles. The zero-order valence-corrected chi connectivity index (χ0v) is 10.6. The van der Waals surface area contributed by atoms with Gasteiger partial charge in [0.05, 0.1) is 19.8 Å². The highest BCUT2D eigenvalue weighted by Crippen LogP contribution is 2.23. The Kier molecular flexibility index (Phi) is 5.70. The Hall–Kier alpha value is -1.19. The molecule has 110 valence electrons. The van der Waals surface area contributed by atoms with Gasteiger partial charge in [0.1, 0.15) is 30.2 Å². The van der Waals surface area contributed by atoms with Crippen molar-refractivity contribution in [2.24, 2.45) is 0 Å². The predicted molar refractivity (Wildman–Crippen MR) is 60.6 cm³/mol. The number of methoxy groups -OCH3 is 1. The van der Waals surface area contributed by atoms with Gasteiger partial charge >= 0.3 is 5.97 Å². The van der Waals surface area contributed by atoms with Crippen molar-refractivity contribution in [3.8, 4) is 0 Å². The van der Waals surface area contributed by atoms with E-state index in [1.54, 1.807) is 0 Å². The van der Waals surface area contributed by atoms with E-state index in [0.29, 0.717) is 0 Å². The van der Waals surface area contributed by atoms with Gasteiger partial charge in [-0.25, -0.2) is 4.79 Å². The average molecular weight is 278 g/mol. The fraction of sp³-hybridized carbons (Fsp3) is 0.727. The molecule has 0 aromatic carbocycles. The lowest BCUT2D eigenvalue weighted by atomic mass is 9.99. The molecule has 1 heterocycles. The van der Waals surface area contributed by atoms with E-state index in [1.165, 1.54) is 14.0 Å². The Labute approximate surface area is 109 Å². The van der Waals surface area contributed by atoms with Gasteiger partial charge in [-0.05, 0) is 6.92 Å². The summed E-state index contributed by atoms with van der Waals surface area (Å²) < 4.78 is 14.6. The van der Waals surface area contributed by atoms with Gasteiger partial charge < -0.3 is 34.6 Å². The van der Waals surface area contributed by atoms with Crippen LogP contribution in [0.4, 0.5) is 0 Å². The summed E-state index contributed by atoms with van der Waals surface area (Å²) in [4.78, 5) is 11.0. The number of rotatable bonds is 4. The van der Waals surface area contributed by atoms with Gasteiger partial charge in [0.2, 0.25) is 6.29 Å². The molecule has 1 saturated heterocycles. The van der Waals surface area contributed by atoms with Gasteiger partial charge in [0, 0.05) is 0 Å². The van der Waals surface area contributed by atoms with Crippen LogP contribution in [0.3, 0.4) is 0 Å². The van der Waals surface area contributed by atoms with Crippen molar-refractivity contribution in [3.05, 3.63) is 11.8 Å². The van der Waals surface area contributed by atoms with Gasteiger partial charge in [-0.2, -0.15) is 0 Å². The Balaban J connectivity index is 2.71. The molecule has 0 bridgehead atoms. The Morgan fingerprint density at radius 3 is 2.42 bits per heavy atom. The van der Waals surface area contributed by atoms with Crippen molar-refractivity contribution in [1.82, 2.24) is 0 Å². The van der Waals surface area contributed by atoms with E-state index in [0.717, 1.165) is 6.08 Å². The maximum Gasteiger partial charge on any atom is 0.333 e. The van der Waals surface area contributed by atoms with Crippen LogP contribution in [0.2, 0.25) is 0 Å². The van der Waals surface area contributed by atoms with E-state index in [4.69, 9.17) is 14.6 Å². The molecular weight excluding hydrogens is 260 g/mol. The molecule has 1 fully saturated rings. The molecule has 4 N–H and O–H groups in total. The highest BCUT2D eigenvalue weighted by Gasteiger charge is 2.44. The average Bonchev–Trinajstić information content (AvgIpc) is 2.39. The van der Waals surface area contributed by atoms with Crippen LogP contribution in [0.25, 0.3) is 0 Å². The summed E-state index contributed by atoms with van der Waals surface area (Å²) in [5.74, 6) is -0.557. The molecule has 1 aliphatic rings. The molecule has 0 radical (unpaired) electrons. The minimum Gasteiger partial charge on any atom is -0.466 e. The Morgan fingerprint density at radius 1 is 1.26 bits per heavy atom. The number of esters is 1. The lowest BCUT2D eigenvalue weighted by Gasteiger charge is -2.39. The quantitative estimate of drug-likeness (QED) is 0.261. The first-order chi connectivity index (χ1) is 8.90. The molecule has 0 unspecified atom stereocenters. The number of hydrogen-bond acceptors (Lipinski definition) is 8. The first-order valence-electron chi connectivity index (χ1n) is 5.64. The molecule has 8 heteroatoms. The van der Waals surface area contributed by atoms with Crippen LogP contribution >= 0.6 is 0 Å². The second-order valence-corrected chi connectivity index (χ2v) is 4.09. The zero-order valence-electron chi connectivity index (χ0n) is 10.6. The number of allylic oxidation sites excluding steroid dienone is 1. The number of aliphatic hydroxyl groups is 4. The Bertz CT molecular complexity index is 340. The van der Waals surface area contributed by atoms with Crippen LogP contribution in [0.5, 0.6) is 0 Å². The molecule has 19 heavy (non-hydrogen) atoms. The standard InChI is InChI=1S/C11H18O8/c1-5(3-7(13)17-2)18-11-10(16)9(15)8(14)6(4-12)19-11/h3,6,8-12,14-16H,4H2,1-2H3/b5-3+/t6-,8-,9+,10-,11-/m1/s1. The van der Waals surface area contributed by atoms with Crippen molar-refractivity contribution in [3.63, 3.8) is 0 Å². The van der Waals surface area contributed by atoms with Gasteiger partial charge in [0.15, 0.2) is 0 Å². The normalized spacial score (nSPS) is 35.9. The zero-order chi connectivity index (χ0) is 14.6. The van der Waals surface area contributed by atoms with Gasteiger partial charge in [0.25, 0.3) is 0 Å². The van der Waals surface area contributed by atoms with E-state index in [-0.39, 0.29) is 5.76 Å². The summed E-state index contributed by atoms with van der Waals surface area (Å²) in [6.45, 7) is 0.878. The largest absolute Gasteiger partial charge is 0.466 e. The third kappa shape index (κ3) is 3.88. The summed E-state index contributed by atoms with van der Waals surface area (Å²) >= 11 is 0. The fourth-order valence-corrected chi connectivity index (χ4v) is 1.61. The van der Waals surface area contributed by atoms with Gasteiger partial charge in [-0.1, -0.05) is 0 Å². The first kappa shape index (κ1) is 15.9. The minimum atomic E-state index is -1.53. The predicted octanol–water partition coefficient (Wildman–Crippen LogP) is -2.12. The number of hydrogen-bond donors (Lipinski definition) is 4. The van der Waals surface area contributed by atoms with E-state index in [9.17, 15) is 20.1 Å². The van der Waals surface area contributed by atoms with Crippen molar-refractivity contribution in [1.29, 1.82) is 0 Å². The maximum absolute atomic E-state index is 11.0. The second-order valence-electron chi connectivity index (χ2n) is 4.09. The van der Waals surface area contributed by atoms with Gasteiger partial charge in [-0.15, -0.1) is 0 Å². The van der Waals surface area contributed by atoms with Crippen molar-refractivity contribution < 1.29 is 39.4 Å². The molecule has 5 atom stereocenters. The smallest absolute Gasteiger partial charge is 0.333 e. The van der Waals surface area contributed by atoms with E-state index < -0.39 is 43.3 Å². The number of carbonyl (C=O) groups excluding carboxylic acids is 1. The molecule has 0 saturated carbocycles. The second kappa shape index (κ2) is 6.83. The lowest BCUT2D eigenvalue weighted by Crippen LogP contribution is -2.59. The topological polar surface area (TPSA) is 126 Å². The minimum absolute atomic E-state index is 0.0937. The summed E-state index contributed by atoms with van der Waals surface area (Å²) in [7, 11) is 1.19. The van der Waals surface area contributed by atoms with Crippen LogP contribution < -0.4 is 0 Å². The van der Waals surface area contributed by atoms with Crippen LogP contribution in [-0.2, 0) is 19.0 Å². The highest BCUT2D eigenvalue weighted by atomic mass is 16.7. The van der Waals surface area contributed by atoms with Crippen LogP contribution in [0, 0.1) is 0 Å². The molecule has 0 amide bonds. The van der Waals surface area contributed by atoms with Gasteiger partial charge in [-0.3, -0.25) is 0 Å². The monoisotopic (exact) mass is 278 g/mol. The molecule has 1 aliphatic heterocycles. The summed E-state index contributed by atoms with van der Waals surface area (Å²) in [6, 6.07) is 0. The van der Waals surface area contributed by atoms with Crippen LogP contribution in [-0.4, -0.2) is 70.8 Å². The summed E-state index contributed by atoms with van der Waals surface area (Å²) in [5.41, 5.74) is 0. The summed E-state index contributed by atoms with van der Waals surface area (Å²) in [5, 5.41) is 37.7. The molecular formula is C11H18O8. The highest BCUT2D eigenvalue weighted by molar-refractivity contribution is 5.82. The van der Waals surface area contributed by atoms with Crippen molar-refractivity contribution in [2.75, 3.05) is 13.7 Å². The van der Waals surface area contributed by atoms with Crippen molar-refractivity contribution >= 4 is 5.97 Å². The van der Waals surface area contributed by atoms with E-state index >= 15 is 0 Å². The molecule has 0 aliphatic carbocycles. The molecule has 8 nitrogen and oxygen atoms in total. The lowest BCUT2D eigenvalue weighted by molar-refractivity contribution is -0.291. The van der Waals surface area contributed by atoms with Crippen molar-refractivity contribution in [2.45, 2.75) is 37.6 Å². The van der Waals surface area contributed by atoms with E-state index in [2.05, 4.69) is 4.74 Å². The molecule has 1 rings (SSSR count). The van der Waals surface area contributed by atoms with Crippen LogP contribution in [0.15, 0.2) is 11.8 Å². The number of aliphatic hydroxyl groups excluding tert-OH is 4. The fourth-order valence-electron chi connectivity index (χ4n) is 1.61. The number of carbonyl (C=O) groups is 1. The van der Waals surface area contributed by atoms with E-state index in [1.807, 2.05) is 0 Å². The SMILES string of the molecule is COC(=O)/C=C(\C)O[C@@H]1O[C@H](CO)[C@@H](O)[C@H](O)[C@H]1O.